The third kappa shape index (κ3) is 6.38. The van der Waals surface area contributed by atoms with E-state index in [2.05, 4.69) is 5.32 Å². The first-order chi connectivity index (χ1) is 12.3. The van der Waals surface area contributed by atoms with Gasteiger partial charge in [0, 0.05) is 25.2 Å². The highest BCUT2D eigenvalue weighted by atomic mass is 16.6. The van der Waals surface area contributed by atoms with Gasteiger partial charge in [0.2, 0.25) is 5.91 Å². The smallest absolute Gasteiger partial charge is 0.344 e. The Morgan fingerprint density at radius 2 is 1.88 bits per heavy atom. The molecule has 1 saturated carbocycles. The SMILES string of the molecule is CN(CC(=O)NC1CC1)C(=O)COC(=O)COc1ccc([N+](=O)[O-])cc1. The van der Waals surface area contributed by atoms with Gasteiger partial charge < -0.3 is 19.7 Å². The summed E-state index contributed by atoms with van der Waals surface area (Å²) in [6.07, 6.45) is 1.91. The second-order valence-corrected chi connectivity index (χ2v) is 5.79. The predicted octanol–water partition coefficient (Wildman–Crippen LogP) is 0.254. The standard InChI is InChI=1S/C16H19N3O7/c1-18(8-14(20)17-11-2-3-11)15(21)9-26-16(22)10-25-13-6-4-12(5-7-13)19(23)24/h4-7,11H,2-3,8-10H2,1H3,(H,17,20). The average molecular weight is 365 g/mol. The van der Waals surface area contributed by atoms with E-state index in [0.717, 1.165) is 12.8 Å². The fraction of sp³-hybridized carbons (Fsp3) is 0.438. The third-order valence-electron chi connectivity index (χ3n) is 3.51. The molecule has 10 nitrogen and oxygen atoms in total. The molecule has 1 aromatic carbocycles. The Hall–Kier alpha value is -3.17. The van der Waals surface area contributed by atoms with Crippen molar-refractivity contribution >= 4 is 23.5 Å². The lowest BCUT2D eigenvalue weighted by atomic mass is 10.3. The Kier molecular flexibility index (Phi) is 6.48. The van der Waals surface area contributed by atoms with Crippen molar-refractivity contribution in [1.82, 2.24) is 10.2 Å². The van der Waals surface area contributed by atoms with Crippen molar-refractivity contribution in [2.45, 2.75) is 18.9 Å². The Morgan fingerprint density at radius 1 is 1.23 bits per heavy atom. The number of likely N-dealkylation sites (N-methyl/N-ethyl adjacent to an activating group) is 1. The highest BCUT2D eigenvalue weighted by Gasteiger charge is 2.24. The fourth-order valence-corrected chi connectivity index (χ4v) is 1.91. The lowest BCUT2D eigenvalue weighted by molar-refractivity contribution is -0.384. The molecule has 140 valence electrons. The summed E-state index contributed by atoms with van der Waals surface area (Å²) in [5.41, 5.74) is -0.0979. The molecule has 1 aliphatic carbocycles. The van der Waals surface area contributed by atoms with E-state index in [0.29, 0.717) is 0 Å². The summed E-state index contributed by atoms with van der Waals surface area (Å²) in [5.74, 6) is -1.28. The van der Waals surface area contributed by atoms with Gasteiger partial charge in [0.15, 0.2) is 13.2 Å². The molecule has 0 aromatic heterocycles. The van der Waals surface area contributed by atoms with Crippen molar-refractivity contribution in [2.75, 3.05) is 26.8 Å². The van der Waals surface area contributed by atoms with Crippen molar-refractivity contribution in [3.05, 3.63) is 34.4 Å². The van der Waals surface area contributed by atoms with Crippen LogP contribution in [0.25, 0.3) is 0 Å². The minimum Gasteiger partial charge on any atom is -0.482 e. The van der Waals surface area contributed by atoms with Crippen molar-refractivity contribution in [2.24, 2.45) is 0 Å². The van der Waals surface area contributed by atoms with Gasteiger partial charge in [-0.15, -0.1) is 0 Å². The molecule has 1 aliphatic rings. The number of carbonyl (C=O) groups excluding carboxylic acids is 3. The lowest BCUT2D eigenvalue weighted by Crippen LogP contribution is -2.40. The Labute approximate surface area is 149 Å². The molecule has 0 aliphatic heterocycles. The van der Waals surface area contributed by atoms with Gasteiger partial charge in [-0.1, -0.05) is 0 Å². The molecule has 1 fully saturated rings. The molecule has 10 heteroatoms. The fourth-order valence-electron chi connectivity index (χ4n) is 1.91. The summed E-state index contributed by atoms with van der Waals surface area (Å²) < 4.78 is 9.91. The largest absolute Gasteiger partial charge is 0.482 e. The zero-order valence-electron chi connectivity index (χ0n) is 14.2. The van der Waals surface area contributed by atoms with Crippen molar-refractivity contribution in [3.63, 3.8) is 0 Å². The number of nitrogens with zero attached hydrogens (tertiary/aromatic N) is 2. The number of hydrogen-bond acceptors (Lipinski definition) is 7. The Balaban J connectivity index is 1.66. The van der Waals surface area contributed by atoms with Crippen molar-refractivity contribution in [3.8, 4) is 5.75 Å². The van der Waals surface area contributed by atoms with Crippen LogP contribution in [0.2, 0.25) is 0 Å². The number of rotatable bonds is 9. The topological polar surface area (TPSA) is 128 Å². The zero-order chi connectivity index (χ0) is 19.1. The van der Waals surface area contributed by atoms with Crippen LogP contribution >= 0.6 is 0 Å². The van der Waals surface area contributed by atoms with E-state index in [1.54, 1.807) is 0 Å². The van der Waals surface area contributed by atoms with Crippen LogP contribution in [0.5, 0.6) is 5.75 Å². The second kappa shape index (κ2) is 8.79. The van der Waals surface area contributed by atoms with E-state index in [-0.39, 0.29) is 29.9 Å². The molecule has 0 radical (unpaired) electrons. The number of carbonyl (C=O) groups is 3. The first-order valence-corrected chi connectivity index (χ1v) is 7.91. The van der Waals surface area contributed by atoms with Gasteiger partial charge in [-0.25, -0.2) is 4.79 Å². The van der Waals surface area contributed by atoms with Gasteiger partial charge in [0.1, 0.15) is 5.75 Å². The summed E-state index contributed by atoms with van der Waals surface area (Å²) in [7, 11) is 1.44. The van der Waals surface area contributed by atoms with Crippen LogP contribution in [0, 0.1) is 10.1 Å². The van der Waals surface area contributed by atoms with Crippen molar-refractivity contribution in [1.29, 1.82) is 0 Å². The molecule has 0 spiro atoms. The van der Waals surface area contributed by atoms with Gasteiger partial charge in [-0.2, -0.15) is 0 Å². The van der Waals surface area contributed by atoms with Crippen LogP contribution in [0.1, 0.15) is 12.8 Å². The predicted molar refractivity (Wildman–Crippen MR) is 88.4 cm³/mol. The van der Waals surface area contributed by atoms with E-state index in [4.69, 9.17) is 9.47 Å². The van der Waals surface area contributed by atoms with Crippen LogP contribution in [0.4, 0.5) is 5.69 Å². The number of benzene rings is 1. The number of nitrogens with one attached hydrogen (secondary N) is 1. The maximum atomic E-state index is 11.8. The van der Waals surface area contributed by atoms with Crippen LogP contribution in [0.15, 0.2) is 24.3 Å². The molecule has 1 aromatic rings. The molecule has 2 rings (SSSR count). The number of amides is 2. The van der Waals surface area contributed by atoms with Crippen LogP contribution < -0.4 is 10.1 Å². The molecule has 2 amide bonds. The van der Waals surface area contributed by atoms with E-state index in [1.807, 2.05) is 0 Å². The maximum absolute atomic E-state index is 11.8. The molecular weight excluding hydrogens is 346 g/mol. The molecule has 1 N–H and O–H groups in total. The quantitative estimate of drug-likeness (QED) is 0.377. The molecular formula is C16H19N3O7. The average Bonchev–Trinajstić information content (AvgIpc) is 3.41. The molecule has 0 bridgehead atoms. The molecule has 0 saturated heterocycles. The number of nitro benzene ring substituents is 1. The van der Waals surface area contributed by atoms with Gasteiger partial charge in [0.25, 0.3) is 11.6 Å². The number of esters is 1. The van der Waals surface area contributed by atoms with Gasteiger partial charge in [-0.3, -0.25) is 19.7 Å². The van der Waals surface area contributed by atoms with E-state index in [9.17, 15) is 24.5 Å². The Bertz CT molecular complexity index is 686. The normalized spacial score (nSPS) is 12.8. The molecule has 26 heavy (non-hydrogen) atoms. The van der Waals surface area contributed by atoms with Gasteiger partial charge >= 0.3 is 5.97 Å². The summed E-state index contributed by atoms with van der Waals surface area (Å²) in [6.45, 7) is -1.06. The van der Waals surface area contributed by atoms with Gasteiger partial charge in [0.05, 0.1) is 11.5 Å². The minimum absolute atomic E-state index is 0.0979. The highest BCUT2D eigenvalue weighted by molar-refractivity contribution is 5.86. The number of nitro groups is 1. The highest BCUT2D eigenvalue weighted by Crippen LogP contribution is 2.18. The van der Waals surface area contributed by atoms with Crippen LogP contribution in [0.3, 0.4) is 0 Å². The number of ether oxygens (including phenoxy) is 2. The third-order valence-corrected chi connectivity index (χ3v) is 3.51. The van der Waals surface area contributed by atoms with Crippen LogP contribution in [-0.2, 0) is 19.1 Å². The van der Waals surface area contributed by atoms with Crippen LogP contribution in [-0.4, -0.2) is 60.5 Å². The van der Waals surface area contributed by atoms with E-state index >= 15 is 0 Å². The lowest BCUT2D eigenvalue weighted by Gasteiger charge is -2.16. The monoisotopic (exact) mass is 365 g/mol. The van der Waals surface area contributed by atoms with Gasteiger partial charge in [-0.05, 0) is 25.0 Å². The maximum Gasteiger partial charge on any atom is 0.344 e. The summed E-state index contributed by atoms with van der Waals surface area (Å²) in [4.78, 5) is 46.2. The minimum atomic E-state index is -0.771. The zero-order valence-corrected chi connectivity index (χ0v) is 14.2. The van der Waals surface area contributed by atoms with E-state index < -0.39 is 30.0 Å². The summed E-state index contributed by atoms with van der Waals surface area (Å²) in [5, 5.41) is 13.3. The molecule has 0 unspecified atom stereocenters. The summed E-state index contributed by atoms with van der Waals surface area (Å²) in [6, 6.07) is 5.39. The van der Waals surface area contributed by atoms with Crippen molar-refractivity contribution < 1.29 is 28.8 Å². The number of hydrogen-bond donors (Lipinski definition) is 1. The second-order valence-electron chi connectivity index (χ2n) is 5.79. The molecule has 0 atom stereocenters. The number of non-ortho nitro benzene ring substituents is 1. The summed E-state index contributed by atoms with van der Waals surface area (Å²) >= 11 is 0. The first kappa shape index (κ1) is 19.2. The van der Waals surface area contributed by atoms with E-state index in [1.165, 1.54) is 36.2 Å². The first-order valence-electron chi connectivity index (χ1n) is 7.91. The molecule has 0 heterocycles. The Morgan fingerprint density at radius 3 is 2.46 bits per heavy atom.